The van der Waals surface area contributed by atoms with Gasteiger partial charge in [0.25, 0.3) is 0 Å². The van der Waals surface area contributed by atoms with Crippen molar-refractivity contribution in [2.45, 2.75) is 12.1 Å². The summed E-state index contributed by atoms with van der Waals surface area (Å²) in [6.45, 7) is 0.723. The van der Waals surface area contributed by atoms with Crippen LogP contribution in [0.5, 0.6) is 0 Å². The number of aliphatic hydroxyl groups is 1. The molecule has 16 heavy (non-hydrogen) atoms. The fraction of sp³-hybridized carbons (Fsp3) is 0.875. The Morgan fingerprint density at radius 1 is 1.56 bits per heavy atom. The predicted octanol–water partition coefficient (Wildman–Crippen LogP) is -2.25. The topological polar surface area (TPSA) is 95.9 Å². The highest BCUT2D eigenvalue weighted by Crippen LogP contribution is 2.12. The zero-order chi connectivity index (χ0) is 12.3. The molecule has 0 aliphatic carbocycles. The second kappa shape index (κ2) is 5.09. The minimum Gasteiger partial charge on any atom is -0.468 e. The van der Waals surface area contributed by atoms with Crippen molar-refractivity contribution in [1.29, 1.82) is 0 Å². The van der Waals surface area contributed by atoms with E-state index in [4.69, 9.17) is 0 Å². The van der Waals surface area contributed by atoms with E-state index in [-0.39, 0.29) is 0 Å². The highest BCUT2D eigenvalue weighted by Gasteiger charge is 2.35. The van der Waals surface area contributed by atoms with Gasteiger partial charge in [0.15, 0.2) is 5.75 Å². The van der Waals surface area contributed by atoms with Gasteiger partial charge < -0.3 is 15.2 Å². The molecule has 7 nitrogen and oxygen atoms in total. The van der Waals surface area contributed by atoms with Crippen LogP contribution < -0.4 is 5.32 Å². The zero-order valence-corrected chi connectivity index (χ0v) is 10.0. The van der Waals surface area contributed by atoms with E-state index in [2.05, 4.69) is 10.1 Å². The van der Waals surface area contributed by atoms with Crippen LogP contribution in [0.4, 0.5) is 0 Å². The normalized spacial score (nSPS) is 26.0. The number of ether oxygens (including phenoxy) is 1. The number of nitrogens with one attached hydrogen (secondary N) is 1. The van der Waals surface area contributed by atoms with Gasteiger partial charge in [-0.15, -0.1) is 0 Å². The van der Waals surface area contributed by atoms with Gasteiger partial charge in [0, 0.05) is 20.1 Å². The van der Waals surface area contributed by atoms with Gasteiger partial charge >= 0.3 is 5.97 Å². The molecule has 0 saturated carbocycles. The van der Waals surface area contributed by atoms with Gasteiger partial charge in [-0.2, -0.15) is 4.31 Å². The van der Waals surface area contributed by atoms with E-state index in [0.29, 0.717) is 13.1 Å². The summed E-state index contributed by atoms with van der Waals surface area (Å²) in [5.74, 6) is -1.52. The number of methoxy groups -OCH3 is 1. The average molecular weight is 252 g/mol. The number of hydrogen-bond donors (Lipinski definition) is 2. The van der Waals surface area contributed by atoms with Crippen LogP contribution in [0.2, 0.25) is 0 Å². The molecule has 0 bridgehead atoms. The average Bonchev–Trinajstić information content (AvgIpc) is 2.62. The van der Waals surface area contributed by atoms with E-state index in [0.717, 1.165) is 11.4 Å². The van der Waals surface area contributed by atoms with E-state index in [1.165, 1.54) is 7.05 Å². The number of likely N-dealkylation sites (N-methyl/N-ethyl adjacent to an activating group) is 1. The third-order valence-corrected chi connectivity index (χ3v) is 4.33. The number of nitrogens with zero attached hydrogens (tertiary/aromatic N) is 1. The van der Waals surface area contributed by atoms with Gasteiger partial charge in [-0.1, -0.05) is 0 Å². The fourth-order valence-corrected chi connectivity index (χ4v) is 2.78. The molecule has 94 valence electrons. The molecule has 0 amide bonds. The van der Waals surface area contributed by atoms with Gasteiger partial charge in [-0.05, 0) is 0 Å². The van der Waals surface area contributed by atoms with Crippen LogP contribution in [0.25, 0.3) is 0 Å². The summed E-state index contributed by atoms with van der Waals surface area (Å²) in [5, 5.41) is 12.4. The summed E-state index contributed by atoms with van der Waals surface area (Å²) in [4.78, 5) is 10.9. The molecule has 1 rings (SSSR count). The Balaban J connectivity index is 2.71. The number of rotatable bonds is 4. The fourth-order valence-electron chi connectivity index (χ4n) is 1.54. The van der Waals surface area contributed by atoms with Crippen LogP contribution in [-0.2, 0) is 19.6 Å². The summed E-state index contributed by atoms with van der Waals surface area (Å²) in [6, 6.07) is -0.533. The van der Waals surface area contributed by atoms with Gasteiger partial charge in [0.05, 0.1) is 19.3 Å². The van der Waals surface area contributed by atoms with Crippen LogP contribution in [0, 0.1) is 0 Å². The minimum absolute atomic E-state index is 0.350. The maximum absolute atomic E-state index is 11.7. The maximum atomic E-state index is 11.7. The smallest absolute Gasteiger partial charge is 0.322 e. The highest BCUT2D eigenvalue weighted by atomic mass is 32.2. The number of esters is 1. The number of hydrogen-bond acceptors (Lipinski definition) is 6. The minimum atomic E-state index is -3.73. The Hall–Kier alpha value is -0.700. The Morgan fingerprint density at radius 3 is 2.62 bits per heavy atom. The van der Waals surface area contributed by atoms with Crippen molar-refractivity contribution in [2.24, 2.45) is 0 Å². The molecule has 0 aromatic rings. The third-order valence-electron chi connectivity index (χ3n) is 2.58. The number of carbonyl (C=O) groups is 1. The number of carbonyl (C=O) groups excluding carboxylic acids is 1. The third kappa shape index (κ3) is 2.91. The first-order valence-corrected chi connectivity index (χ1v) is 6.40. The number of β-amino-alcohol motifs (C(OH)–C–C–N with tert-alkyl or cyclic N) is 1. The summed E-state index contributed by atoms with van der Waals surface area (Å²) in [7, 11) is -1.25. The number of aliphatic hydroxyl groups excluding tert-OH is 1. The molecule has 0 spiro atoms. The Kier molecular flexibility index (Phi) is 4.25. The summed E-state index contributed by atoms with van der Waals surface area (Å²) < 4.78 is 28.8. The molecular weight excluding hydrogens is 236 g/mol. The summed E-state index contributed by atoms with van der Waals surface area (Å²) >= 11 is 0. The van der Waals surface area contributed by atoms with Gasteiger partial charge in [0.2, 0.25) is 10.0 Å². The van der Waals surface area contributed by atoms with Crippen molar-refractivity contribution in [2.75, 3.05) is 33.0 Å². The van der Waals surface area contributed by atoms with Crippen molar-refractivity contribution in [3.8, 4) is 0 Å². The van der Waals surface area contributed by atoms with Crippen molar-refractivity contribution < 1.29 is 23.1 Å². The monoisotopic (exact) mass is 252 g/mol. The molecular formula is C8H16N2O5S. The first-order valence-electron chi connectivity index (χ1n) is 4.80. The van der Waals surface area contributed by atoms with Gasteiger partial charge in [0.1, 0.15) is 0 Å². The Labute approximate surface area is 94.4 Å². The second-order valence-corrected chi connectivity index (χ2v) is 5.67. The van der Waals surface area contributed by atoms with Gasteiger partial charge in [-0.3, -0.25) is 4.79 Å². The molecule has 0 aromatic carbocycles. The molecule has 0 radical (unpaired) electrons. The van der Waals surface area contributed by atoms with Crippen molar-refractivity contribution >= 4 is 16.0 Å². The van der Waals surface area contributed by atoms with E-state index < -0.39 is 33.9 Å². The largest absolute Gasteiger partial charge is 0.468 e. The Morgan fingerprint density at radius 2 is 2.19 bits per heavy atom. The molecule has 1 heterocycles. The van der Waals surface area contributed by atoms with Crippen LogP contribution in [0.3, 0.4) is 0 Å². The van der Waals surface area contributed by atoms with Crippen LogP contribution in [0.1, 0.15) is 0 Å². The number of sulfonamides is 1. The van der Waals surface area contributed by atoms with Crippen LogP contribution in [0.15, 0.2) is 0 Å². The molecule has 1 saturated heterocycles. The molecule has 1 fully saturated rings. The first kappa shape index (κ1) is 13.4. The van der Waals surface area contributed by atoms with Crippen molar-refractivity contribution in [3.05, 3.63) is 0 Å². The predicted molar refractivity (Wildman–Crippen MR) is 56.2 cm³/mol. The summed E-state index contributed by atoms with van der Waals surface area (Å²) in [5.41, 5.74) is 0. The van der Waals surface area contributed by atoms with Crippen molar-refractivity contribution in [1.82, 2.24) is 9.62 Å². The van der Waals surface area contributed by atoms with E-state index >= 15 is 0 Å². The quantitative estimate of drug-likeness (QED) is 0.549. The van der Waals surface area contributed by atoms with E-state index in [1.54, 1.807) is 0 Å². The SMILES string of the molecule is COC(=O)CS(=O)(=O)N(C)[C@@H]1CNC[C@H]1O. The molecule has 2 N–H and O–H groups in total. The molecule has 2 atom stereocenters. The lowest BCUT2D eigenvalue weighted by atomic mass is 10.2. The standard InChI is InChI=1S/C8H16N2O5S/c1-10(6-3-9-4-7(6)11)16(13,14)5-8(12)15-2/h6-7,9,11H,3-5H2,1-2H3/t6-,7-/m1/s1. The zero-order valence-electron chi connectivity index (χ0n) is 9.21. The molecule has 1 aliphatic rings. The molecule has 1 aliphatic heterocycles. The molecule has 0 unspecified atom stereocenters. The van der Waals surface area contributed by atoms with Crippen LogP contribution in [-0.4, -0.2) is 68.9 Å². The Bertz CT molecular complexity index is 355. The van der Waals surface area contributed by atoms with E-state index in [9.17, 15) is 18.3 Å². The lowest BCUT2D eigenvalue weighted by Crippen LogP contribution is -2.46. The second-order valence-electron chi connectivity index (χ2n) is 3.64. The van der Waals surface area contributed by atoms with Crippen LogP contribution >= 0.6 is 0 Å². The summed E-state index contributed by atoms with van der Waals surface area (Å²) in [6.07, 6.45) is -0.752. The van der Waals surface area contributed by atoms with Crippen molar-refractivity contribution in [3.63, 3.8) is 0 Å². The van der Waals surface area contributed by atoms with Gasteiger partial charge in [-0.25, -0.2) is 8.42 Å². The first-order chi connectivity index (χ1) is 7.38. The highest BCUT2D eigenvalue weighted by molar-refractivity contribution is 7.89. The van der Waals surface area contributed by atoms with E-state index in [1.807, 2.05) is 0 Å². The lowest BCUT2D eigenvalue weighted by molar-refractivity contribution is -0.137. The molecule has 0 aromatic heterocycles. The molecule has 8 heteroatoms. The maximum Gasteiger partial charge on any atom is 0.322 e. The lowest BCUT2D eigenvalue weighted by Gasteiger charge is -2.25.